The summed E-state index contributed by atoms with van der Waals surface area (Å²) in [5, 5.41) is 6.54. The van der Waals surface area contributed by atoms with Crippen LogP contribution in [0.25, 0.3) is 0 Å². The molecule has 1 aromatic heterocycles. The fourth-order valence-electron chi connectivity index (χ4n) is 1.94. The predicted octanol–water partition coefficient (Wildman–Crippen LogP) is 2.82. The maximum absolute atomic E-state index is 5.72. The second-order valence-corrected chi connectivity index (χ2v) is 5.75. The first-order valence-electron chi connectivity index (χ1n) is 6.76. The normalized spacial score (nSPS) is 11.4. The molecule has 1 rings (SSSR count). The molecule has 19 heavy (non-hydrogen) atoms. The fourth-order valence-corrected chi connectivity index (χ4v) is 2.73. The van der Waals surface area contributed by atoms with E-state index in [1.807, 2.05) is 24.8 Å². The third kappa shape index (κ3) is 4.45. The average Bonchev–Trinajstić information content (AvgIpc) is 2.41. The lowest BCUT2D eigenvalue weighted by Crippen LogP contribution is -2.32. The highest BCUT2D eigenvalue weighted by Crippen LogP contribution is 2.30. The predicted molar refractivity (Wildman–Crippen MR) is 85.9 cm³/mol. The number of rotatable bonds is 8. The van der Waals surface area contributed by atoms with E-state index >= 15 is 0 Å². The van der Waals surface area contributed by atoms with Crippen LogP contribution in [0.15, 0.2) is 6.07 Å². The number of hydrogen-bond donors (Lipinski definition) is 3. The SMILES string of the molecule is CCNc1cc(NCC(CC)(CC)SC)nc(N)n1. The molecular weight excluding hydrogens is 258 g/mol. The van der Waals surface area contributed by atoms with E-state index in [1.165, 1.54) is 0 Å². The maximum Gasteiger partial charge on any atom is 0.223 e. The monoisotopic (exact) mass is 283 g/mol. The van der Waals surface area contributed by atoms with Gasteiger partial charge in [-0.2, -0.15) is 21.7 Å². The van der Waals surface area contributed by atoms with E-state index in [-0.39, 0.29) is 4.75 Å². The Bertz CT molecular complexity index is 384. The Hall–Kier alpha value is -1.17. The van der Waals surface area contributed by atoms with E-state index in [0.29, 0.717) is 5.95 Å². The van der Waals surface area contributed by atoms with Crippen LogP contribution in [0.4, 0.5) is 17.6 Å². The highest BCUT2D eigenvalue weighted by molar-refractivity contribution is 8.00. The summed E-state index contributed by atoms with van der Waals surface area (Å²) in [6.07, 6.45) is 4.41. The Morgan fingerprint density at radius 1 is 1.16 bits per heavy atom. The molecule has 0 saturated heterocycles. The number of hydrogen-bond acceptors (Lipinski definition) is 6. The van der Waals surface area contributed by atoms with Crippen molar-refractivity contribution in [1.82, 2.24) is 9.97 Å². The van der Waals surface area contributed by atoms with Crippen LogP contribution >= 0.6 is 11.8 Å². The van der Waals surface area contributed by atoms with Gasteiger partial charge in [-0.15, -0.1) is 0 Å². The maximum atomic E-state index is 5.72. The first kappa shape index (κ1) is 15.9. The van der Waals surface area contributed by atoms with Crippen molar-refractivity contribution < 1.29 is 0 Å². The van der Waals surface area contributed by atoms with Gasteiger partial charge in [0.05, 0.1) is 0 Å². The van der Waals surface area contributed by atoms with Crippen LogP contribution in [0.1, 0.15) is 33.6 Å². The minimum absolute atomic E-state index is 0.248. The minimum Gasteiger partial charge on any atom is -0.370 e. The molecule has 108 valence electrons. The second kappa shape index (κ2) is 7.43. The van der Waals surface area contributed by atoms with Crippen molar-refractivity contribution in [2.75, 3.05) is 35.7 Å². The summed E-state index contributed by atoms with van der Waals surface area (Å²) in [4.78, 5) is 8.37. The Morgan fingerprint density at radius 3 is 2.21 bits per heavy atom. The van der Waals surface area contributed by atoms with Gasteiger partial charge < -0.3 is 16.4 Å². The molecule has 0 atom stereocenters. The molecule has 0 spiro atoms. The van der Waals surface area contributed by atoms with Crippen molar-refractivity contribution in [3.63, 3.8) is 0 Å². The van der Waals surface area contributed by atoms with E-state index in [1.54, 1.807) is 0 Å². The van der Waals surface area contributed by atoms with Crippen molar-refractivity contribution in [3.8, 4) is 0 Å². The first-order chi connectivity index (χ1) is 9.09. The molecular formula is C13H25N5S. The Morgan fingerprint density at radius 2 is 1.74 bits per heavy atom. The quantitative estimate of drug-likeness (QED) is 0.681. The number of nitrogens with one attached hydrogen (secondary N) is 2. The number of nitrogens with two attached hydrogens (primary N) is 1. The Labute approximate surface area is 120 Å². The van der Waals surface area contributed by atoms with Crippen LogP contribution in [0.3, 0.4) is 0 Å². The molecule has 0 saturated carbocycles. The smallest absolute Gasteiger partial charge is 0.223 e. The van der Waals surface area contributed by atoms with Crippen molar-refractivity contribution >= 4 is 29.3 Å². The summed E-state index contributed by atoms with van der Waals surface area (Å²) in [6.45, 7) is 8.16. The zero-order valence-corrected chi connectivity index (χ0v) is 13.1. The van der Waals surface area contributed by atoms with E-state index in [0.717, 1.165) is 37.6 Å². The van der Waals surface area contributed by atoms with Crippen molar-refractivity contribution in [2.24, 2.45) is 0 Å². The van der Waals surface area contributed by atoms with Gasteiger partial charge >= 0.3 is 0 Å². The summed E-state index contributed by atoms with van der Waals surface area (Å²) in [5.41, 5.74) is 5.72. The van der Waals surface area contributed by atoms with Gasteiger partial charge in [0, 0.05) is 23.9 Å². The number of nitrogen functional groups attached to an aromatic ring is 1. The summed E-state index contributed by atoms with van der Waals surface area (Å²) in [7, 11) is 0. The van der Waals surface area contributed by atoms with Crippen molar-refractivity contribution in [3.05, 3.63) is 6.07 Å². The summed E-state index contributed by atoms with van der Waals surface area (Å²) in [6, 6.07) is 1.90. The zero-order chi connectivity index (χ0) is 14.3. The largest absolute Gasteiger partial charge is 0.370 e. The van der Waals surface area contributed by atoms with Gasteiger partial charge in [-0.1, -0.05) is 13.8 Å². The highest BCUT2D eigenvalue weighted by Gasteiger charge is 2.24. The third-order valence-corrected chi connectivity index (χ3v) is 5.00. The van der Waals surface area contributed by atoms with E-state index < -0.39 is 0 Å². The minimum atomic E-state index is 0.248. The molecule has 0 bridgehead atoms. The molecule has 0 amide bonds. The molecule has 0 aromatic carbocycles. The van der Waals surface area contributed by atoms with Gasteiger partial charge in [-0.25, -0.2) is 0 Å². The highest BCUT2D eigenvalue weighted by atomic mass is 32.2. The number of aromatic nitrogens is 2. The third-order valence-electron chi connectivity index (χ3n) is 3.41. The molecule has 0 fully saturated rings. The van der Waals surface area contributed by atoms with Gasteiger partial charge in [0.2, 0.25) is 5.95 Å². The van der Waals surface area contributed by atoms with Crippen LogP contribution < -0.4 is 16.4 Å². The van der Waals surface area contributed by atoms with Crippen LogP contribution in [0, 0.1) is 0 Å². The molecule has 0 aliphatic rings. The summed E-state index contributed by atoms with van der Waals surface area (Å²) < 4.78 is 0.248. The molecule has 6 heteroatoms. The van der Waals surface area contributed by atoms with Gasteiger partial charge in [0.15, 0.2) is 0 Å². The lowest BCUT2D eigenvalue weighted by atomic mass is 10.0. The summed E-state index contributed by atoms with van der Waals surface area (Å²) in [5.74, 6) is 1.84. The topological polar surface area (TPSA) is 75.9 Å². The Kier molecular flexibility index (Phi) is 6.21. The van der Waals surface area contributed by atoms with Crippen LogP contribution in [-0.2, 0) is 0 Å². The molecule has 0 radical (unpaired) electrons. The van der Waals surface area contributed by atoms with Crippen molar-refractivity contribution in [1.29, 1.82) is 0 Å². The van der Waals surface area contributed by atoms with Crippen LogP contribution in [-0.4, -0.2) is 34.1 Å². The van der Waals surface area contributed by atoms with E-state index in [2.05, 4.69) is 40.7 Å². The van der Waals surface area contributed by atoms with Gasteiger partial charge in [-0.3, -0.25) is 0 Å². The van der Waals surface area contributed by atoms with Gasteiger partial charge in [0.1, 0.15) is 11.6 Å². The zero-order valence-electron chi connectivity index (χ0n) is 12.3. The van der Waals surface area contributed by atoms with Crippen LogP contribution in [0.5, 0.6) is 0 Å². The lowest BCUT2D eigenvalue weighted by Gasteiger charge is -2.30. The molecule has 4 N–H and O–H groups in total. The first-order valence-corrected chi connectivity index (χ1v) is 7.99. The number of thioether (sulfide) groups is 1. The van der Waals surface area contributed by atoms with Crippen LogP contribution in [0.2, 0.25) is 0 Å². The fraction of sp³-hybridized carbons (Fsp3) is 0.692. The molecule has 0 unspecified atom stereocenters. The number of anilines is 3. The van der Waals surface area contributed by atoms with E-state index in [4.69, 9.17) is 5.73 Å². The Balaban J connectivity index is 2.76. The standard InChI is InChI=1S/C13H25N5S/c1-5-13(6-2,19-4)9-16-11-8-10(15-7-3)17-12(14)18-11/h8H,5-7,9H2,1-4H3,(H4,14,15,16,17,18). The number of nitrogens with zero attached hydrogens (tertiary/aromatic N) is 2. The lowest BCUT2D eigenvalue weighted by molar-refractivity contribution is 0.574. The molecule has 5 nitrogen and oxygen atoms in total. The molecule has 0 aliphatic carbocycles. The average molecular weight is 283 g/mol. The molecule has 0 aliphatic heterocycles. The van der Waals surface area contributed by atoms with E-state index in [9.17, 15) is 0 Å². The summed E-state index contributed by atoms with van der Waals surface area (Å²) >= 11 is 1.90. The van der Waals surface area contributed by atoms with Gasteiger partial charge in [0.25, 0.3) is 0 Å². The van der Waals surface area contributed by atoms with Crippen molar-refractivity contribution in [2.45, 2.75) is 38.4 Å². The molecule has 1 aromatic rings. The van der Waals surface area contributed by atoms with Gasteiger partial charge in [-0.05, 0) is 26.0 Å². The second-order valence-electron chi connectivity index (χ2n) is 4.47. The molecule has 1 heterocycles.